The lowest BCUT2D eigenvalue weighted by molar-refractivity contribution is 0.154. The van der Waals surface area contributed by atoms with Gasteiger partial charge in [-0.05, 0) is 48.1 Å². The Kier molecular flexibility index (Phi) is 8.14. The Labute approximate surface area is 171 Å². The Balaban J connectivity index is 0.00000145. The third-order valence-electron chi connectivity index (χ3n) is 5.23. The van der Waals surface area contributed by atoms with Crippen LogP contribution in [0.4, 0.5) is 0 Å². The average Bonchev–Trinajstić information content (AvgIpc) is 3.55. The molecular formula is C22H29N3O4. The molecule has 1 aliphatic carbocycles. The topological polar surface area (TPSA) is 133 Å². The Hall–Kier alpha value is -2.47. The van der Waals surface area contributed by atoms with Gasteiger partial charge in [-0.2, -0.15) is 5.26 Å². The second-order valence-corrected chi connectivity index (χ2v) is 6.90. The van der Waals surface area contributed by atoms with Crippen molar-refractivity contribution < 1.29 is 20.4 Å². The van der Waals surface area contributed by atoms with E-state index in [0.717, 1.165) is 18.5 Å². The van der Waals surface area contributed by atoms with Gasteiger partial charge in [-0.1, -0.05) is 12.1 Å². The van der Waals surface area contributed by atoms with Crippen molar-refractivity contribution in [1.82, 2.24) is 10.3 Å². The predicted octanol–water partition coefficient (Wildman–Crippen LogP) is 2.00. The predicted molar refractivity (Wildman–Crippen MR) is 110 cm³/mol. The fourth-order valence-corrected chi connectivity index (χ4v) is 3.72. The summed E-state index contributed by atoms with van der Waals surface area (Å²) in [6.07, 6.45) is 1.06. The van der Waals surface area contributed by atoms with Gasteiger partial charge in [0.25, 0.3) is 0 Å². The first kappa shape index (κ1) is 22.8. The van der Waals surface area contributed by atoms with E-state index in [4.69, 9.17) is 0 Å². The number of hydrogen-bond acceptors (Lipinski definition) is 6. The number of nitriles is 1. The van der Waals surface area contributed by atoms with Crippen LogP contribution in [0.5, 0.6) is 0 Å². The van der Waals surface area contributed by atoms with E-state index in [9.17, 15) is 25.7 Å². The van der Waals surface area contributed by atoms with Crippen LogP contribution in [0.2, 0.25) is 0 Å². The largest absolute Gasteiger partial charge is 0.392 e. The normalized spacial score (nSPS) is 14.1. The molecule has 29 heavy (non-hydrogen) atoms. The van der Waals surface area contributed by atoms with Crippen LogP contribution in [-0.2, 0) is 26.4 Å². The zero-order chi connectivity index (χ0) is 21.6. The summed E-state index contributed by atoms with van der Waals surface area (Å²) in [4.78, 5) is 3.10. The number of rotatable bonds is 8. The minimum Gasteiger partial charge on any atom is -0.392 e. The molecular weight excluding hydrogens is 370 g/mol. The van der Waals surface area contributed by atoms with Crippen molar-refractivity contribution in [3.8, 4) is 17.2 Å². The summed E-state index contributed by atoms with van der Waals surface area (Å²) >= 11 is 0. The summed E-state index contributed by atoms with van der Waals surface area (Å²) in [7, 11) is 1.79. The van der Waals surface area contributed by atoms with E-state index in [0.29, 0.717) is 45.6 Å². The highest BCUT2D eigenvalue weighted by molar-refractivity contribution is 5.77. The molecule has 0 bridgehead atoms. The second kappa shape index (κ2) is 10.3. The van der Waals surface area contributed by atoms with Crippen molar-refractivity contribution >= 4 is 0 Å². The molecule has 3 rings (SSSR count). The van der Waals surface area contributed by atoms with Gasteiger partial charge < -0.3 is 30.7 Å². The fourth-order valence-electron chi connectivity index (χ4n) is 3.72. The van der Waals surface area contributed by atoms with E-state index in [1.54, 1.807) is 19.2 Å². The van der Waals surface area contributed by atoms with Gasteiger partial charge in [0.15, 0.2) is 0 Å². The molecule has 1 fully saturated rings. The maximum Gasteiger partial charge on any atom is 0.124 e. The zero-order valence-corrected chi connectivity index (χ0v) is 16.7. The van der Waals surface area contributed by atoms with Crippen molar-refractivity contribution in [1.29, 1.82) is 5.26 Å². The zero-order valence-electron chi connectivity index (χ0n) is 16.7. The summed E-state index contributed by atoms with van der Waals surface area (Å²) in [5.41, 5.74) is 4.43. The van der Waals surface area contributed by atoms with Crippen molar-refractivity contribution in [2.75, 3.05) is 7.05 Å². The molecule has 0 aliphatic heterocycles. The third-order valence-corrected chi connectivity index (χ3v) is 5.23. The number of benzene rings is 1. The summed E-state index contributed by atoms with van der Waals surface area (Å²) in [6, 6.07) is 5.61. The number of aromatic nitrogens is 1. The van der Waals surface area contributed by atoms with Gasteiger partial charge >= 0.3 is 0 Å². The molecule has 1 heterocycles. The number of nitrogens with one attached hydrogen (secondary N) is 2. The highest BCUT2D eigenvalue weighted by Gasteiger charge is 2.36. The van der Waals surface area contributed by atoms with Gasteiger partial charge in [0.2, 0.25) is 0 Å². The van der Waals surface area contributed by atoms with Crippen molar-refractivity contribution in [2.45, 2.75) is 45.3 Å². The van der Waals surface area contributed by atoms with Crippen LogP contribution in [0.15, 0.2) is 25.3 Å². The van der Waals surface area contributed by atoms with E-state index < -0.39 is 6.10 Å². The molecule has 0 saturated heterocycles. The molecule has 1 aromatic heterocycles. The molecule has 1 aromatic carbocycles. The molecule has 1 unspecified atom stereocenters. The Morgan fingerprint density at radius 1 is 1.17 bits per heavy atom. The molecule has 1 saturated carbocycles. The number of H-pyrrole nitrogens is 1. The van der Waals surface area contributed by atoms with Gasteiger partial charge in [0.1, 0.15) is 11.8 Å². The molecule has 2 aromatic rings. The molecule has 7 nitrogen and oxygen atoms in total. The smallest absolute Gasteiger partial charge is 0.124 e. The number of hydrogen-bond donors (Lipinski definition) is 6. The minimum absolute atomic E-state index is 0.126. The number of nitrogens with zero attached hydrogens (tertiary/aromatic N) is 1. The molecule has 156 valence electrons. The lowest BCUT2D eigenvalue weighted by Crippen LogP contribution is -2.10. The van der Waals surface area contributed by atoms with Gasteiger partial charge in [-0.15, -0.1) is 13.2 Å². The first-order valence-corrected chi connectivity index (χ1v) is 9.55. The van der Waals surface area contributed by atoms with E-state index in [-0.39, 0.29) is 25.7 Å². The Bertz CT molecular complexity index is 881. The van der Waals surface area contributed by atoms with Crippen LogP contribution in [0.1, 0.15) is 52.6 Å². The van der Waals surface area contributed by atoms with Crippen LogP contribution in [0.25, 0.3) is 11.1 Å². The second-order valence-electron chi connectivity index (χ2n) is 6.90. The lowest BCUT2D eigenvalue weighted by Gasteiger charge is -2.19. The van der Waals surface area contributed by atoms with Crippen molar-refractivity contribution in [2.24, 2.45) is 5.92 Å². The van der Waals surface area contributed by atoms with Crippen LogP contribution >= 0.6 is 0 Å². The highest BCUT2D eigenvalue weighted by atomic mass is 16.3. The first-order valence-electron chi connectivity index (χ1n) is 9.55. The quantitative estimate of drug-likeness (QED) is 0.376. The Morgan fingerprint density at radius 2 is 1.83 bits per heavy atom. The minimum atomic E-state index is -0.766. The van der Waals surface area contributed by atoms with E-state index in [1.807, 2.05) is 0 Å². The van der Waals surface area contributed by atoms with E-state index in [1.165, 1.54) is 0 Å². The third kappa shape index (κ3) is 4.42. The van der Waals surface area contributed by atoms with Crippen LogP contribution < -0.4 is 5.32 Å². The number of aromatic amines is 1. The molecule has 1 aliphatic rings. The lowest BCUT2D eigenvalue weighted by atomic mass is 9.88. The molecule has 6 N–H and O–H groups in total. The van der Waals surface area contributed by atoms with Crippen LogP contribution in [0, 0.1) is 17.2 Å². The standard InChI is InChI=1S/C20H25N3O4.C2H4/c1-22-7-17-18(19(16(6-21)23-17)20(27)11-2-3-11)13-5-4-12(8-24)14(9-25)15(13)10-26;1-2/h4-5,11,20,22-27H,2-3,7-10H2,1H3;1-2H2. The molecule has 0 radical (unpaired) electrons. The highest BCUT2D eigenvalue weighted by Crippen LogP contribution is 2.47. The molecule has 7 heteroatoms. The molecule has 0 amide bonds. The maximum absolute atomic E-state index is 10.8. The van der Waals surface area contributed by atoms with Gasteiger partial charge in [-0.3, -0.25) is 0 Å². The average molecular weight is 399 g/mol. The molecule has 1 atom stereocenters. The Morgan fingerprint density at radius 3 is 2.31 bits per heavy atom. The van der Waals surface area contributed by atoms with Gasteiger partial charge in [0, 0.05) is 23.4 Å². The summed E-state index contributed by atoms with van der Waals surface area (Å²) < 4.78 is 0. The van der Waals surface area contributed by atoms with Crippen molar-refractivity contribution in [3.05, 3.63) is 58.9 Å². The number of aliphatic hydroxyl groups excluding tert-OH is 4. The summed E-state index contributed by atoms with van der Waals surface area (Å²) in [5.74, 6) is 0.126. The van der Waals surface area contributed by atoms with E-state index >= 15 is 0 Å². The summed E-state index contributed by atoms with van der Waals surface area (Å²) in [6.45, 7) is 5.55. The fraction of sp³-hybridized carbons (Fsp3) is 0.409. The van der Waals surface area contributed by atoms with E-state index in [2.05, 4.69) is 29.5 Å². The van der Waals surface area contributed by atoms with Gasteiger partial charge in [0.05, 0.1) is 25.9 Å². The van der Waals surface area contributed by atoms with Crippen LogP contribution in [-0.4, -0.2) is 32.5 Å². The SMILES string of the molecule is C=C.CNCc1[nH]c(C#N)c(C(O)C2CC2)c1-c1ccc(CO)c(CO)c1CO. The van der Waals surface area contributed by atoms with Crippen molar-refractivity contribution in [3.63, 3.8) is 0 Å². The van der Waals surface area contributed by atoms with Gasteiger partial charge in [-0.25, -0.2) is 0 Å². The summed E-state index contributed by atoms with van der Waals surface area (Å²) in [5, 5.41) is 52.8. The first-order chi connectivity index (χ1) is 14.1. The monoisotopic (exact) mass is 399 g/mol. The molecule has 0 spiro atoms. The number of aliphatic hydroxyl groups is 4. The maximum atomic E-state index is 10.8. The van der Waals surface area contributed by atoms with Crippen LogP contribution in [0.3, 0.4) is 0 Å².